The van der Waals surface area contributed by atoms with Crippen molar-refractivity contribution in [3.63, 3.8) is 0 Å². The number of aryl methyl sites for hydroxylation is 1. The molecule has 0 amide bonds. The summed E-state index contributed by atoms with van der Waals surface area (Å²) in [5.41, 5.74) is 2.65. The first kappa shape index (κ1) is 12.0. The first-order chi connectivity index (χ1) is 8.78. The maximum Gasteiger partial charge on any atom is 0.115 e. The molecule has 0 spiro atoms. The Morgan fingerprint density at radius 1 is 1.28 bits per heavy atom. The molecule has 3 rings (SSSR count). The van der Waals surface area contributed by atoms with Crippen LogP contribution in [0, 0.1) is 0 Å². The van der Waals surface area contributed by atoms with Gasteiger partial charge in [-0.15, -0.1) is 0 Å². The highest BCUT2D eigenvalue weighted by Gasteiger charge is 2.31. The number of nitrogens with one attached hydrogen (secondary N) is 1. The van der Waals surface area contributed by atoms with Crippen LogP contribution in [0.2, 0.25) is 0 Å². The minimum atomic E-state index is 0.367. The summed E-state index contributed by atoms with van der Waals surface area (Å²) in [4.78, 5) is 0. The van der Waals surface area contributed by atoms with Gasteiger partial charge >= 0.3 is 0 Å². The van der Waals surface area contributed by atoms with Crippen molar-refractivity contribution in [1.82, 2.24) is 5.32 Å². The van der Waals surface area contributed by atoms with E-state index in [-0.39, 0.29) is 0 Å². The summed E-state index contributed by atoms with van der Waals surface area (Å²) in [5.74, 6) is 0.380. The van der Waals surface area contributed by atoms with Gasteiger partial charge < -0.3 is 15.2 Å². The fourth-order valence-corrected chi connectivity index (χ4v) is 3.43. The lowest BCUT2D eigenvalue weighted by atomic mass is 10.1. The van der Waals surface area contributed by atoms with Crippen LogP contribution in [-0.4, -0.2) is 24.4 Å². The molecule has 3 heteroatoms. The number of phenols is 1. The van der Waals surface area contributed by atoms with Crippen LogP contribution in [0.15, 0.2) is 18.2 Å². The lowest BCUT2D eigenvalue weighted by Gasteiger charge is -2.24. The Hall–Kier alpha value is -1.06. The molecule has 0 heterocycles. The van der Waals surface area contributed by atoms with Crippen molar-refractivity contribution < 1.29 is 9.84 Å². The minimum Gasteiger partial charge on any atom is -0.508 e. The van der Waals surface area contributed by atoms with E-state index in [4.69, 9.17) is 4.74 Å². The normalized spacial score (nSPS) is 30.6. The molecule has 0 bridgehead atoms. The molecule has 2 aliphatic rings. The van der Waals surface area contributed by atoms with Crippen molar-refractivity contribution in [1.29, 1.82) is 0 Å². The van der Waals surface area contributed by atoms with Crippen LogP contribution in [0.3, 0.4) is 0 Å². The number of ether oxygens (including phenoxy) is 1. The van der Waals surface area contributed by atoms with E-state index >= 15 is 0 Å². The topological polar surface area (TPSA) is 41.5 Å². The highest BCUT2D eigenvalue weighted by atomic mass is 16.5. The second-order valence-electron chi connectivity index (χ2n) is 5.45. The molecule has 2 N–H and O–H groups in total. The summed E-state index contributed by atoms with van der Waals surface area (Å²) in [5, 5.41) is 13.3. The zero-order chi connectivity index (χ0) is 12.5. The van der Waals surface area contributed by atoms with E-state index in [2.05, 4.69) is 11.4 Å². The van der Waals surface area contributed by atoms with E-state index in [0.717, 1.165) is 12.8 Å². The summed E-state index contributed by atoms with van der Waals surface area (Å²) in [6, 6.07) is 6.67. The summed E-state index contributed by atoms with van der Waals surface area (Å²) in [6.45, 7) is 0. The fourth-order valence-electron chi connectivity index (χ4n) is 3.43. The van der Waals surface area contributed by atoms with Crippen LogP contribution in [0.25, 0.3) is 0 Å². The zero-order valence-electron chi connectivity index (χ0n) is 10.9. The molecule has 1 aromatic rings. The maximum atomic E-state index is 9.51. The van der Waals surface area contributed by atoms with E-state index < -0.39 is 0 Å². The van der Waals surface area contributed by atoms with Crippen molar-refractivity contribution in [3.8, 4) is 5.75 Å². The average molecular weight is 247 g/mol. The van der Waals surface area contributed by atoms with Gasteiger partial charge in [-0.05, 0) is 55.4 Å². The van der Waals surface area contributed by atoms with Crippen molar-refractivity contribution in [2.24, 2.45) is 0 Å². The van der Waals surface area contributed by atoms with E-state index in [9.17, 15) is 5.11 Å². The molecule has 1 aromatic carbocycles. The van der Waals surface area contributed by atoms with Crippen molar-refractivity contribution >= 4 is 0 Å². The van der Waals surface area contributed by atoms with Crippen LogP contribution in [0.4, 0.5) is 0 Å². The summed E-state index contributed by atoms with van der Waals surface area (Å²) in [7, 11) is 1.81. The van der Waals surface area contributed by atoms with Gasteiger partial charge in [-0.2, -0.15) is 0 Å². The number of aromatic hydroxyl groups is 1. The van der Waals surface area contributed by atoms with Gasteiger partial charge in [0.15, 0.2) is 0 Å². The first-order valence-electron chi connectivity index (χ1n) is 6.88. The molecule has 3 atom stereocenters. The molecule has 1 saturated carbocycles. The third-order valence-electron chi connectivity index (χ3n) is 4.37. The predicted octanol–water partition coefficient (Wildman–Crippen LogP) is 2.54. The van der Waals surface area contributed by atoms with Crippen LogP contribution < -0.4 is 5.32 Å². The molecule has 1 fully saturated rings. The molecule has 3 unspecified atom stereocenters. The number of hydrogen-bond acceptors (Lipinski definition) is 3. The highest BCUT2D eigenvalue weighted by molar-refractivity contribution is 5.40. The standard InChI is InChI=1S/C15H21NO2/c1-18-15-4-2-3-14(15)16-13-8-5-10-9-11(17)6-7-12(10)13/h6-7,9,13-17H,2-5,8H2,1H3. The number of fused-ring (bicyclic) bond motifs is 1. The monoisotopic (exact) mass is 247 g/mol. The minimum absolute atomic E-state index is 0.367. The van der Waals surface area contributed by atoms with Gasteiger partial charge in [0, 0.05) is 19.2 Å². The zero-order valence-corrected chi connectivity index (χ0v) is 10.9. The molecule has 2 aliphatic carbocycles. The van der Waals surface area contributed by atoms with Gasteiger partial charge in [0.2, 0.25) is 0 Å². The van der Waals surface area contributed by atoms with Gasteiger partial charge in [0.1, 0.15) is 5.75 Å². The Labute approximate surface area is 108 Å². The smallest absolute Gasteiger partial charge is 0.115 e. The fraction of sp³-hybridized carbons (Fsp3) is 0.600. The van der Waals surface area contributed by atoms with Gasteiger partial charge in [-0.25, -0.2) is 0 Å². The third kappa shape index (κ3) is 2.13. The molecule has 18 heavy (non-hydrogen) atoms. The van der Waals surface area contributed by atoms with Crippen LogP contribution >= 0.6 is 0 Å². The second kappa shape index (κ2) is 4.90. The molecule has 3 nitrogen and oxygen atoms in total. The highest BCUT2D eigenvalue weighted by Crippen LogP contribution is 2.35. The van der Waals surface area contributed by atoms with Gasteiger partial charge in [0.05, 0.1) is 6.10 Å². The lowest BCUT2D eigenvalue weighted by Crippen LogP contribution is -2.38. The molecular weight excluding hydrogens is 226 g/mol. The summed E-state index contributed by atoms with van der Waals surface area (Å²) >= 11 is 0. The van der Waals surface area contributed by atoms with E-state index in [1.807, 2.05) is 13.2 Å². The number of benzene rings is 1. The third-order valence-corrected chi connectivity index (χ3v) is 4.37. The quantitative estimate of drug-likeness (QED) is 0.862. The number of hydrogen-bond donors (Lipinski definition) is 2. The van der Waals surface area contributed by atoms with Gasteiger partial charge in [0.25, 0.3) is 0 Å². The average Bonchev–Trinajstić information content (AvgIpc) is 2.96. The number of rotatable bonds is 3. The van der Waals surface area contributed by atoms with E-state index in [0.29, 0.717) is 23.9 Å². The first-order valence-corrected chi connectivity index (χ1v) is 6.88. The SMILES string of the molecule is COC1CCCC1NC1CCc2cc(O)ccc21. The van der Waals surface area contributed by atoms with Crippen molar-refractivity contribution in [2.45, 2.75) is 50.3 Å². The van der Waals surface area contributed by atoms with E-state index in [1.54, 1.807) is 6.07 Å². The Kier molecular flexibility index (Phi) is 3.27. The molecule has 98 valence electrons. The molecule has 0 saturated heterocycles. The Morgan fingerprint density at radius 2 is 2.17 bits per heavy atom. The molecule has 0 radical (unpaired) electrons. The Morgan fingerprint density at radius 3 is 3.00 bits per heavy atom. The number of methoxy groups -OCH3 is 1. The molecule has 0 aromatic heterocycles. The Balaban J connectivity index is 1.73. The second-order valence-corrected chi connectivity index (χ2v) is 5.45. The summed E-state index contributed by atoms with van der Waals surface area (Å²) in [6.07, 6.45) is 6.19. The van der Waals surface area contributed by atoms with Gasteiger partial charge in [-0.1, -0.05) is 6.07 Å². The molecule has 0 aliphatic heterocycles. The number of phenolic OH excluding ortho intramolecular Hbond substituents is 1. The van der Waals surface area contributed by atoms with Crippen molar-refractivity contribution in [2.75, 3.05) is 7.11 Å². The van der Waals surface area contributed by atoms with Crippen molar-refractivity contribution in [3.05, 3.63) is 29.3 Å². The van der Waals surface area contributed by atoms with E-state index in [1.165, 1.54) is 30.4 Å². The lowest BCUT2D eigenvalue weighted by molar-refractivity contribution is 0.0812. The summed E-state index contributed by atoms with van der Waals surface area (Å²) < 4.78 is 5.54. The van der Waals surface area contributed by atoms with Crippen LogP contribution in [0.1, 0.15) is 42.9 Å². The van der Waals surface area contributed by atoms with Crippen LogP contribution in [0.5, 0.6) is 5.75 Å². The van der Waals surface area contributed by atoms with Crippen LogP contribution in [-0.2, 0) is 11.2 Å². The Bertz CT molecular complexity index is 433. The molecular formula is C15H21NO2. The predicted molar refractivity (Wildman–Crippen MR) is 70.7 cm³/mol. The van der Waals surface area contributed by atoms with Gasteiger partial charge in [-0.3, -0.25) is 0 Å². The maximum absolute atomic E-state index is 9.51. The largest absolute Gasteiger partial charge is 0.508 e.